The van der Waals surface area contributed by atoms with Crippen LogP contribution in [0.25, 0.3) is 0 Å². The molecule has 130 valence electrons. The monoisotopic (exact) mass is 349 g/mol. The van der Waals surface area contributed by atoms with Crippen LogP contribution in [0.4, 0.5) is 24.7 Å². The van der Waals surface area contributed by atoms with Gasteiger partial charge in [0.25, 0.3) is 0 Å². The number of pyridine rings is 1. The zero-order chi connectivity index (χ0) is 18.0. The minimum atomic E-state index is -4.52. The molecule has 1 N–H and O–H groups in total. The third-order valence-electron chi connectivity index (χ3n) is 3.90. The molecule has 3 rings (SSSR count). The normalized spacial score (nSPS) is 17.6. The fourth-order valence-electron chi connectivity index (χ4n) is 2.64. The van der Waals surface area contributed by atoms with E-state index in [1.54, 1.807) is 24.3 Å². The molecule has 1 aromatic carbocycles. The SMILES string of the molecule is O=C(Nc1cc(C(F)(F)F)ccn1)C1CC(=O)N(c2ccccc2)C1. The van der Waals surface area contributed by atoms with E-state index in [9.17, 15) is 22.8 Å². The smallest absolute Gasteiger partial charge is 0.312 e. The summed E-state index contributed by atoms with van der Waals surface area (Å²) in [6.45, 7) is 0.174. The third-order valence-corrected chi connectivity index (χ3v) is 3.90. The van der Waals surface area contributed by atoms with Gasteiger partial charge in [-0.1, -0.05) is 18.2 Å². The molecule has 1 aliphatic rings. The molecule has 1 aromatic heterocycles. The molecule has 25 heavy (non-hydrogen) atoms. The summed E-state index contributed by atoms with van der Waals surface area (Å²) >= 11 is 0. The Bertz CT molecular complexity index is 793. The van der Waals surface area contributed by atoms with Crippen molar-refractivity contribution >= 4 is 23.3 Å². The van der Waals surface area contributed by atoms with Crippen molar-refractivity contribution in [2.75, 3.05) is 16.8 Å². The highest BCUT2D eigenvalue weighted by Gasteiger charge is 2.36. The first-order valence-corrected chi connectivity index (χ1v) is 7.54. The lowest BCUT2D eigenvalue weighted by Crippen LogP contribution is -2.28. The third kappa shape index (κ3) is 3.78. The van der Waals surface area contributed by atoms with Crippen LogP contribution in [0.3, 0.4) is 0 Å². The van der Waals surface area contributed by atoms with Gasteiger partial charge in [-0.25, -0.2) is 4.98 Å². The summed E-state index contributed by atoms with van der Waals surface area (Å²) in [4.78, 5) is 29.6. The van der Waals surface area contributed by atoms with E-state index < -0.39 is 23.6 Å². The number of alkyl halides is 3. The standard InChI is InChI=1S/C17H14F3N3O2/c18-17(19,20)12-6-7-21-14(9-12)22-16(25)11-8-15(24)23(10-11)13-4-2-1-3-5-13/h1-7,9,11H,8,10H2,(H,21,22,25). The van der Waals surface area contributed by atoms with Crippen LogP contribution in [0.15, 0.2) is 48.7 Å². The predicted octanol–water partition coefficient (Wildman–Crippen LogP) is 3.09. The summed E-state index contributed by atoms with van der Waals surface area (Å²) in [5, 5.41) is 2.36. The van der Waals surface area contributed by atoms with Crippen LogP contribution in [0.2, 0.25) is 0 Å². The number of nitrogens with one attached hydrogen (secondary N) is 1. The molecule has 2 amide bonds. The first kappa shape index (κ1) is 16.9. The number of anilines is 2. The molecule has 0 radical (unpaired) electrons. The Balaban J connectivity index is 1.70. The molecule has 2 heterocycles. The number of carbonyl (C=O) groups is 2. The summed E-state index contributed by atoms with van der Waals surface area (Å²) in [6, 6.07) is 10.5. The van der Waals surface area contributed by atoms with Crippen molar-refractivity contribution in [1.29, 1.82) is 0 Å². The molecule has 1 fully saturated rings. The van der Waals surface area contributed by atoms with Crippen molar-refractivity contribution in [3.63, 3.8) is 0 Å². The van der Waals surface area contributed by atoms with E-state index in [1.165, 1.54) is 4.90 Å². The van der Waals surface area contributed by atoms with Crippen molar-refractivity contribution in [1.82, 2.24) is 4.98 Å². The lowest BCUT2D eigenvalue weighted by molar-refractivity contribution is -0.137. The Kier molecular flexibility index (Phi) is 4.43. The topological polar surface area (TPSA) is 62.3 Å². The van der Waals surface area contributed by atoms with Crippen LogP contribution in [0.5, 0.6) is 0 Å². The molecule has 1 unspecified atom stereocenters. The number of hydrogen-bond donors (Lipinski definition) is 1. The zero-order valence-corrected chi connectivity index (χ0v) is 13.0. The summed E-state index contributed by atoms with van der Waals surface area (Å²) in [7, 11) is 0. The second kappa shape index (κ2) is 6.54. The zero-order valence-electron chi connectivity index (χ0n) is 13.0. The molecule has 0 spiro atoms. The molecule has 1 aliphatic heterocycles. The van der Waals surface area contributed by atoms with E-state index in [2.05, 4.69) is 10.3 Å². The number of nitrogens with zero attached hydrogens (tertiary/aromatic N) is 2. The Morgan fingerprint density at radius 2 is 1.92 bits per heavy atom. The number of carbonyl (C=O) groups excluding carboxylic acids is 2. The highest BCUT2D eigenvalue weighted by Crippen LogP contribution is 2.30. The lowest BCUT2D eigenvalue weighted by atomic mass is 10.1. The van der Waals surface area contributed by atoms with Gasteiger partial charge >= 0.3 is 6.18 Å². The summed E-state index contributed by atoms with van der Waals surface area (Å²) in [5.41, 5.74) is -0.216. The van der Waals surface area contributed by atoms with E-state index >= 15 is 0 Å². The van der Waals surface area contributed by atoms with Gasteiger partial charge in [0.05, 0.1) is 11.5 Å². The predicted molar refractivity (Wildman–Crippen MR) is 84.8 cm³/mol. The fourth-order valence-corrected chi connectivity index (χ4v) is 2.64. The Hall–Kier alpha value is -2.90. The lowest BCUT2D eigenvalue weighted by Gasteiger charge is -2.16. The van der Waals surface area contributed by atoms with Crippen LogP contribution in [0.1, 0.15) is 12.0 Å². The maximum atomic E-state index is 12.7. The maximum absolute atomic E-state index is 12.7. The van der Waals surface area contributed by atoms with E-state index in [0.717, 1.165) is 18.3 Å². The first-order chi connectivity index (χ1) is 11.8. The molecule has 1 saturated heterocycles. The maximum Gasteiger partial charge on any atom is 0.416 e. The van der Waals surface area contributed by atoms with Gasteiger partial charge in [0, 0.05) is 24.8 Å². The van der Waals surface area contributed by atoms with Gasteiger partial charge in [0.1, 0.15) is 5.82 Å². The molecule has 0 aliphatic carbocycles. The number of amides is 2. The molecule has 5 nitrogen and oxygen atoms in total. The average Bonchev–Trinajstić information content (AvgIpc) is 2.97. The molecule has 0 bridgehead atoms. The molecule has 0 saturated carbocycles. The van der Waals surface area contributed by atoms with E-state index in [1.807, 2.05) is 6.07 Å². The molecule has 8 heteroatoms. The fraction of sp³-hybridized carbons (Fsp3) is 0.235. The molecular weight excluding hydrogens is 335 g/mol. The van der Waals surface area contributed by atoms with Gasteiger partial charge in [-0.3, -0.25) is 9.59 Å². The van der Waals surface area contributed by atoms with Crippen LogP contribution in [-0.4, -0.2) is 23.3 Å². The van der Waals surface area contributed by atoms with Crippen molar-refractivity contribution in [3.05, 3.63) is 54.2 Å². The highest BCUT2D eigenvalue weighted by molar-refractivity contribution is 6.03. The second-order valence-electron chi connectivity index (χ2n) is 5.66. The number of hydrogen-bond acceptors (Lipinski definition) is 3. The average molecular weight is 349 g/mol. The number of halogens is 3. The van der Waals surface area contributed by atoms with Gasteiger partial charge in [-0.15, -0.1) is 0 Å². The number of rotatable bonds is 3. The van der Waals surface area contributed by atoms with Crippen molar-refractivity contribution in [3.8, 4) is 0 Å². The van der Waals surface area contributed by atoms with Crippen molar-refractivity contribution < 1.29 is 22.8 Å². The summed E-state index contributed by atoms with van der Waals surface area (Å²) in [6.07, 6.45) is -3.54. The summed E-state index contributed by atoms with van der Waals surface area (Å²) in [5.74, 6) is -1.57. The Labute approximate surface area is 141 Å². The van der Waals surface area contributed by atoms with Crippen molar-refractivity contribution in [2.24, 2.45) is 5.92 Å². The largest absolute Gasteiger partial charge is 0.416 e. The molecular formula is C17H14F3N3O2. The van der Waals surface area contributed by atoms with Crippen LogP contribution in [0, 0.1) is 5.92 Å². The summed E-state index contributed by atoms with van der Waals surface area (Å²) < 4.78 is 38.1. The van der Waals surface area contributed by atoms with Gasteiger partial charge in [0.15, 0.2) is 0 Å². The van der Waals surface area contributed by atoms with Gasteiger partial charge < -0.3 is 10.2 Å². The Morgan fingerprint density at radius 3 is 2.60 bits per heavy atom. The van der Waals surface area contributed by atoms with E-state index in [0.29, 0.717) is 5.69 Å². The van der Waals surface area contributed by atoms with Crippen LogP contribution in [-0.2, 0) is 15.8 Å². The number of aromatic nitrogens is 1. The highest BCUT2D eigenvalue weighted by atomic mass is 19.4. The second-order valence-corrected chi connectivity index (χ2v) is 5.66. The van der Waals surface area contributed by atoms with Crippen LogP contribution >= 0.6 is 0 Å². The minimum Gasteiger partial charge on any atom is -0.312 e. The van der Waals surface area contributed by atoms with E-state index in [-0.39, 0.29) is 24.7 Å². The molecule has 1 atom stereocenters. The van der Waals surface area contributed by atoms with Gasteiger partial charge in [-0.2, -0.15) is 13.2 Å². The quantitative estimate of drug-likeness (QED) is 0.926. The van der Waals surface area contributed by atoms with Crippen molar-refractivity contribution in [2.45, 2.75) is 12.6 Å². The van der Waals surface area contributed by atoms with Gasteiger partial charge in [0.2, 0.25) is 11.8 Å². The first-order valence-electron chi connectivity index (χ1n) is 7.54. The minimum absolute atomic E-state index is 0.000308. The van der Waals surface area contributed by atoms with Gasteiger partial charge in [-0.05, 0) is 24.3 Å². The Morgan fingerprint density at radius 1 is 1.20 bits per heavy atom. The van der Waals surface area contributed by atoms with Crippen LogP contribution < -0.4 is 10.2 Å². The number of benzene rings is 1. The molecule has 2 aromatic rings. The van der Waals surface area contributed by atoms with E-state index in [4.69, 9.17) is 0 Å². The number of para-hydroxylation sites is 1.